The summed E-state index contributed by atoms with van der Waals surface area (Å²) >= 11 is 0. The minimum absolute atomic E-state index is 0.0229. The van der Waals surface area contributed by atoms with E-state index >= 15 is 0 Å². The fourth-order valence-electron chi connectivity index (χ4n) is 2.71. The van der Waals surface area contributed by atoms with Gasteiger partial charge in [-0.05, 0) is 43.3 Å². The van der Waals surface area contributed by atoms with E-state index in [2.05, 4.69) is 91.9 Å². The number of benzene rings is 3. The molecule has 0 radical (unpaired) electrons. The molecule has 41 heavy (non-hydrogen) atoms. The molecule has 0 unspecified atom stereocenters. The molecule has 3 aromatic rings. The maximum atomic E-state index is 12.3. The van der Waals surface area contributed by atoms with Gasteiger partial charge in [0.05, 0.1) is 10.9 Å². The van der Waals surface area contributed by atoms with Crippen LogP contribution in [0.2, 0.25) is 0 Å². The monoisotopic (exact) mass is 657 g/mol. The van der Waals surface area contributed by atoms with Crippen LogP contribution in [0.15, 0.2) is 99.6 Å². The molecule has 0 aromatic heterocycles. The van der Waals surface area contributed by atoms with Crippen molar-refractivity contribution in [1.82, 2.24) is 0 Å². The minimum Gasteiger partial charge on any atom is -0.425 e. The number of halogens is 10. The van der Waals surface area contributed by atoms with Gasteiger partial charge < -0.3 is 4.13 Å². The first-order valence-corrected chi connectivity index (χ1v) is 14.7. The molecule has 0 aliphatic carbocycles. The standard InChI is InChI=1S/C19H17S.C4F10NO4S2/c1-16-12-14-19(15-13-16)20(17-8-4-2-5-9-17)18-10-6-3-7-11-18;5-1(6,7)3(11,12)20(16,17)15-21(18,19)4(13,14)2(8,9)10/h2-15H,1H3;/q+1;-1. The number of aryl methyl sites for hydroxylation is 1. The summed E-state index contributed by atoms with van der Waals surface area (Å²) in [6.07, 6.45) is -14.0. The highest BCUT2D eigenvalue weighted by Crippen LogP contribution is 2.47. The van der Waals surface area contributed by atoms with Gasteiger partial charge in [0, 0.05) is 0 Å². The molecule has 0 atom stereocenters. The van der Waals surface area contributed by atoms with E-state index in [4.69, 9.17) is 0 Å². The van der Waals surface area contributed by atoms with Crippen LogP contribution in [-0.2, 0) is 30.9 Å². The van der Waals surface area contributed by atoms with E-state index in [0.717, 1.165) is 0 Å². The van der Waals surface area contributed by atoms with Gasteiger partial charge in [-0.25, -0.2) is 16.8 Å². The number of hydrogen-bond acceptors (Lipinski definition) is 4. The lowest BCUT2D eigenvalue weighted by Gasteiger charge is -2.31. The Morgan fingerprint density at radius 1 is 0.512 bits per heavy atom. The summed E-state index contributed by atoms with van der Waals surface area (Å²) in [6.45, 7) is 2.13. The van der Waals surface area contributed by atoms with E-state index < -0.39 is 42.9 Å². The fraction of sp³-hybridized carbons (Fsp3) is 0.217. The van der Waals surface area contributed by atoms with Crippen LogP contribution in [0.4, 0.5) is 43.9 Å². The molecule has 0 saturated carbocycles. The summed E-state index contributed by atoms with van der Waals surface area (Å²) < 4.78 is 161. The molecule has 18 heteroatoms. The fourth-order valence-corrected chi connectivity index (χ4v) is 7.16. The molecular formula is C23H17F10NO4S3. The second-order valence-electron chi connectivity index (χ2n) is 7.80. The summed E-state index contributed by atoms with van der Waals surface area (Å²) in [7, 11) is -15.3. The quantitative estimate of drug-likeness (QED) is 0.196. The zero-order valence-corrected chi connectivity index (χ0v) is 22.6. The Morgan fingerprint density at radius 2 is 0.805 bits per heavy atom. The molecule has 5 nitrogen and oxygen atoms in total. The number of nitrogens with zero attached hydrogens (tertiary/aromatic N) is 1. The Bertz CT molecular complexity index is 1420. The van der Waals surface area contributed by atoms with Gasteiger partial charge in [0.2, 0.25) is 0 Å². The predicted octanol–water partition coefficient (Wildman–Crippen LogP) is 7.42. The predicted molar refractivity (Wildman–Crippen MR) is 129 cm³/mol. The summed E-state index contributed by atoms with van der Waals surface area (Å²) in [6, 6.07) is 30.4. The second kappa shape index (κ2) is 12.2. The first kappa shape index (κ1) is 34.4. The van der Waals surface area contributed by atoms with Crippen molar-refractivity contribution in [2.75, 3.05) is 0 Å². The molecule has 0 N–H and O–H groups in total. The van der Waals surface area contributed by atoms with Crippen molar-refractivity contribution in [3.8, 4) is 0 Å². The Kier molecular flexibility index (Phi) is 10.2. The van der Waals surface area contributed by atoms with E-state index in [9.17, 15) is 60.7 Å². The van der Waals surface area contributed by atoms with Crippen molar-refractivity contribution in [1.29, 1.82) is 0 Å². The summed E-state index contributed by atoms with van der Waals surface area (Å²) in [5.74, 6) is 0. The number of hydrogen-bond donors (Lipinski definition) is 0. The first-order chi connectivity index (χ1) is 18.6. The van der Waals surface area contributed by atoms with Crippen LogP contribution in [0.1, 0.15) is 5.56 Å². The van der Waals surface area contributed by atoms with E-state index in [-0.39, 0.29) is 10.9 Å². The lowest BCUT2D eigenvalue weighted by molar-refractivity contribution is -0.241. The van der Waals surface area contributed by atoms with Gasteiger partial charge in [0.1, 0.15) is 0 Å². The smallest absolute Gasteiger partial charge is 0.425 e. The molecule has 0 spiro atoms. The van der Waals surface area contributed by atoms with Gasteiger partial charge in [0.25, 0.3) is 0 Å². The van der Waals surface area contributed by atoms with Crippen molar-refractivity contribution in [3.05, 3.63) is 94.6 Å². The molecule has 0 aliphatic rings. The third-order valence-electron chi connectivity index (χ3n) is 4.72. The number of sulfonamides is 2. The van der Waals surface area contributed by atoms with Crippen molar-refractivity contribution in [2.45, 2.75) is 44.5 Å². The van der Waals surface area contributed by atoms with Gasteiger partial charge in [-0.3, -0.25) is 0 Å². The zero-order chi connectivity index (χ0) is 31.5. The molecule has 0 heterocycles. The molecule has 3 rings (SSSR count). The largest absolute Gasteiger partial charge is 0.467 e. The Labute approximate surface area is 230 Å². The average Bonchev–Trinajstić information content (AvgIpc) is 2.85. The first-order valence-electron chi connectivity index (χ1n) is 10.6. The zero-order valence-electron chi connectivity index (χ0n) is 20.2. The highest BCUT2D eigenvalue weighted by molar-refractivity contribution is 8.13. The maximum absolute atomic E-state index is 12.3. The van der Waals surface area contributed by atoms with Gasteiger partial charge >= 0.3 is 22.9 Å². The van der Waals surface area contributed by atoms with Gasteiger partial charge in [-0.15, -0.1) is 0 Å². The number of alkyl halides is 10. The van der Waals surface area contributed by atoms with E-state index in [1.165, 1.54) is 20.2 Å². The van der Waals surface area contributed by atoms with Crippen molar-refractivity contribution in [2.24, 2.45) is 0 Å². The Hall–Kier alpha value is -2.83. The lowest BCUT2D eigenvalue weighted by Crippen LogP contribution is -2.48. The molecular weight excluding hydrogens is 640 g/mol. The topological polar surface area (TPSA) is 82.4 Å². The van der Waals surface area contributed by atoms with Gasteiger partial charge in [0.15, 0.2) is 34.7 Å². The van der Waals surface area contributed by atoms with Crippen LogP contribution in [0.25, 0.3) is 4.13 Å². The minimum atomic E-state index is -7.62. The molecule has 0 bridgehead atoms. The SMILES string of the molecule is Cc1ccc([S+](c2ccccc2)c2ccccc2)cc1.O=S(=O)([N-]S(=O)(=O)C(F)(F)C(F)(F)F)C(F)(F)C(F)(F)F. The van der Waals surface area contributed by atoms with E-state index in [1.807, 2.05) is 0 Å². The normalized spacial score (nSPS) is 13.5. The van der Waals surface area contributed by atoms with Crippen LogP contribution < -0.4 is 0 Å². The van der Waals surface area contributed by atoms with Crippen LogP contribution in [0.5, 0.6) is 0 Å². The summed E-state index contributed by atoms with van der Waals surface area (Å²) in [4.78, 5) is 4.10. The average molecular weight is 658 g/mol. The number of rotatable bonds is 7. The van der Waals surface area contributed by atoms with Gasteiger partial charge in [-0.1, -0.05) is 54.1 Å². The van der Waals surface area contributed by atoms with Crippen LogP contribution in [0.3, 0.4) is 0 Å². The third-order valence-corrected chi connectivity index (χ3v) is 10.3. The summed E-state index contributed by atoms with van der Waals surface area (Å²) in [5.41, 5.74) is 1.30. The van der Waals surface area contributed by atoms with E-state index in [1.54, 1.807) is 0 Å². The van der Waals surface area contributed by atoms with Crippen molar-refractivity contribution >= 4 is 30.9 Å². The second-order valence-corrected chi connectivity index (χ2v) is 13.3. The van der Waals surface area contributed by atoms with E-state index in [0.29, 0.717) is 4.13 Å². The highest BCUT2D eigenvalue weighted by atomic mass is 32.3. The molecule has 3 aromatic carbocycles. The van der Waals surface area contributed by atoms with Crippen LogP contribution in [0, 0.1) is 6.92 Å². The Morgan fingerprint density at radius 3 is 1.10 bits per heavy atom. The Balaban J connectivity index is 0.000000287. The summed E-state index contributed by atoms with van der Waals surface area (Å²) in [5, 5.41) is -14.0. The molecule has 0 saturated heterocycles. The lowest BCUT2D eigenvalue weighted by atomic mass is 10.2. The highest BCUT2D eigenvalue weighted by Gasteiger charge is 2.68. The van der Waals surface area contributed by atoms with Crippen molar-refractivity contribution in [3.63, 3.8) is 0 Å². The van der Waals surface area contributed by atoms with Crippen LogP contribution in [-0.4, -0.2) is 39.7 Å². The van der Waals surface area contributed by atoms with Crippen LogP contribution >= 0.6 is 0 Å². The van der Waals surface area contributed by atoms with Crippen molar-refractivity contribution < 1.29 is 60.7 Å². The molecule has 0 aliphatic heterocycles. The molecule has 0 fully saturated rings. The maximum Gasteiger partial charge on any atom is 0.467 e. The molecule has 226 valence electrons. The molecule has 0 amide bonds. The van der Waals surface area contributed by atoms with Gasteiger partial charge in [-0.2, -0.15) is 43.9 Å². The third kappa shape index (κ3) is 7.72.